The maximum absolute atomic E-state index is 5.71. The molecule has 2 aromatic carbocycles. The van der Waals surface area contributed by atoms with Gasteiger partial charge in [0.25, 0.3) is 0 Å². The Hall–Kier alpha value is -1.51. The van der Waals surface area contributed by atoms with Crippen LogP contribution in [0.25, 0.3) is 11.1 Å². The number of alkyl halides is 1. The number of hydrogen-bond donors (Lipinski definition) is 0. The average Bonchev–Trinajstić information content (AvgIpc) is 2.45. The molecule has 0 aromatic heterocycles. The summed E-state index contributed by atoms with van der Waals surface area (Å²) < 4.78 is 10.8. The van der Waals surface area contributed by atoms with E-state index in [1.807, 2.05) is 42.5 Å². The summed E-state index contributed by atoms with van der Waals surface area (Å²) in [6, 6.07) is 18.3. The number of benzene rings is 2. The SMILES string of the molecule is ClCOCCOc1ccccc1-c1ccccc1. The summed E-state index contributed by atoms with van der Waals surface area (Å²) >= 11 is 5.43. The van der Waals surface area contributed by atoms with Crippen molar-refractivity contribution in [3.63, 3.8) is 0 Å². The van der Waals surface area contributed by atoms with Gasteiger partial charge in [0.2, 0.25) is 0 Å². The fourth-order valence-electron chi connectivity index (χ4n) is 1.71. The lowest BCUT2D eigenvalue weighted by Gasteiger charge is -2.11. The van der Waals surface area contributed by atoms with Crippen LogP contribution in [-0.4, -0.2) is 19.3 Å². The number of rotatable bonds is 6. The highest BCUT2D eigenvalue weighted by atomic mass is 35.5. The Kier molecular flexibility index (Phi) is 5.06. The standard InChI is InChI=1S/C15H15ClO2/c16-12-17-10-11-18-15-9-5-4-8-14(15)13-6-2-1-3-7-13/h1-9H,10-12H2. The second-order valence-electron chi connectivity index (χ2n) is 3.73. The zero-order valence-electron chi connectivity index (χ0n) is 10.0. The van der Waals surface area contributed by atoms with Gasteiger partial charge in [-0.15, -0.1) is 0 Å². The first-order valence-corrected chi connectivity index (χ1v) is 6.36. The van der Waals surface area contributed by atoms with E-state index in [2.05, 4.69) is 12.1 Å². The van der Waals surface area contributed by atoms with Crippen molar-refractivity contribution in [3.05, 3.63) is 54.6 Å². The molecular weight excluding hydrogens is 248 g/mol. The quantitative estimate of drug-likeness (QED) is 0.580. The first-order valence-electron chi connectivity index (χ1n) is 5.83. The van der Waals surface area contributed by atoms with Crippen LogP contribution in [-0.2, 0) is 4.74 Å². The maximum Gasteiger partial charge on any atom is 0.127 e. The summed E-state index contributed by atoms with van der Waals surface area (Å²) in [5, 5.41) is 0. The van der Waals surface area contributed by atoms with Gasteiger partial charge in [-0.2, -0.15) is 0 Å². The largest absolute Gasteiger partial charge is 0.491 e. The molecule has 0 saturated carbocycles. The Morgan fingerprint density at radius 3 is 2.33 bits per heavy atom. The number of ether oxygens (including phenoxy) is 2. The summed E-state index contributed by atoms with van der Waals surface area (Å²) in [5.74, 6) is 0.863. The zero-order chi connectivity index (χ0) is 12.6. The summed E-state index contributed by atoms with van der Waals surface area (Å²) in [6.07, 6.45) is 0. The first-order chi connectivity index (χ1) is 8.92. The van der Waals surface area contributed by atoms with E-state index < -0.39 is 0 Å². The Balaban J connectivity index is 2.11. The smallest absolute Gasteiger partial charge is 0.127 e. The molecule has 0 unspecified atom stereocenters. The molecule has 0 radical (unpaired) electrons. The Bertz CT molecular complexity index is 471. The van der Waals surface area contributed by atoms with Gasteiger partial charge in [0.15, 0.2) is 0 Å². The molecule has 0 aliphatic carbocycles. The molecule has 0 N–H and O–H groups in total. The molecule has 2 nitrogen and oxygen atoms in total. The van der Waals surface area contributed by atoms with E-state index in [1.165, 1.54) is 0 Å². The lowest BCUT2D eigenvalue weighted by molar-refractivity contribution is 0.133. The van der Waals surface area contributed by atoms with Crippen molar-refractivity contribution >= 4 is 11.6 Å². The van der Waals surface area contributed by atoms with Gasteiger partial charge in [-0.1, -0.05) is 60.1 Å². The molecule has 3 heteroatoms. The van der Waals surface area contributed by atoms with Crippen molar-refractivity contribution in [2.75, 3.05) is 19.3 Å². The van der Waals surface area contributed by atoms with Crippen molar-refractivity contribution in [2.24, 2.45) is 0 Å². The number of halogens is 1. The zero-order valence-corrected chi connectivity index (χ0v) is 10.8. The second-order valence-corrected chi connectivity index (χ2v) is 3.95. The molecule has 0 bridgehead atoms. The van der Waals surface area contributed by atoms with Crippen LogP contribution in [0.1, 0.15) is 0 Å². The van der Waals surface area contributed by atoms with E-state index in [1.54, 1.807) is 0 Å². The predicted octanol–water partition coefficient (Wildman–Crippen LogP) is 3.95. The van der Waals surface area contributed by atoms with Gasteiger partial charge in [-0.3, -0.25) is 0 Å². The molecule has 0 atom stereocenters. The van der Waals surface area contributed by atoms with Gasteiger partial charge in [0.05, 0.1) is 6.61 Å². The third kappa shape index (κ3) is 3.49. The van der Waals surface area contributed by atoms with E-state index in [9.17, 15) is 0 Å². The molecule has 0 aliphatic rings. The Morgan fingerprint density at radius 1 is 0.833 bits per heavy atom. The highest BCUT2D eigenvalue weighted by Crippen LogP contribution is 2.29. The van der Waals surface area contributed by atoms with Gasteiger partial charge in [-0.05, 0) is 11.6 Å². The molecule has 0 saturated heterocycles. The van der Waals surface area contributed by atoms with E-state index in [0.717, 1.165) is 16.9 Å². The van der Waals surface area contributed by atoms with Gasteiger partial charge < -0.3 is 9.47 Å². The number of para-hydroxylation sites is 1. The topological polar surface area (TPSA) is 18.5 Å². The van der Waals surface area contributed by atoms with Gasteiger partial charge in [0, 0.05) is 5.56 Å². The summed E-state index contributed by atoms with van der Waals surface area (Å²) in [4.78, 5) is 0. The number of hydrogen-bond acceptors (Lipinski definition) is 2. The molecule has 2 rings (SSSR count). The van der Waals surface area contributed by atoms with Crippen molar-refractivity contribution in [3.8, 4) is 16.9 Å². The van der Waals surface area contributed by atoms with E-state index in [4.69, 9.17) is 21.1 Å². The lowest BCUT2D eigenvalue weighted by atomic mass is 10.1. The van der Waals surface area contributed by atoms with E-state index in [-0.39, 0.29) is 6.07 Å². The minimum atomic E-state index is 0.198. The molecule has 0 aliphatic heterocycles. The molecule has 18 heavy (non-hydrogen) atoms. The summed E-state index contributed by atoms with van der Waals surface area (Å²) in [6.45, 7) is 0.989. The van der Waals surface area contributed by atoms with Gasteiger partial charge in [-0.25, -0.2) is 0 Å². The van der Waals surface area contributed by atoms with Crippen LogP contribution in [0.15, 0.2) is 54.6 Å². The van der Waals surface area contributed by atoms with Crippen molar-refractivity contribution < 1.29 is 9.47 Å². The monoisotopic (exact) mass is 262 g/mol. The Morgan fingerprint density at radius 2 is 1.56 bits per heavy atom. The van der Waals surface area contributed by atoms with Crippen LogP contribution < -0.4 is 4.74 Å². The Labute approximate surface area is 112 Å². The average molecular weight is 263 g/mol. The lowest BCUT2D eigenvalue weighted by Crippen LogP contribution is -2.06. The van der Waals surface area contributed by atoms with E-state index >= 15 is 0 Å². The predicted molar refractivity (Wildman–Crippen MR) is 74.0 cm³/mol. The van der Waals surface area contributed by atoms with Crippen molar-refractivity contribution in [1.29, 1.82) is 0 Å². The maximum atomic E-state index is 5.71. The fraction of sp³-hybridized carbons (Fsp3) is 0.200. The fourth-order valence-corrected chi connectivity index (χ4v) is 1.82. The van der Waals surface area contributed by atoms with Gasteiger partial charge in [0.1, 0.15) is 18.4 Å². The van der Waals surface area contributed by atoms with Crippen molar-refractivity contribution in [2.45, 2.75) is 0 Å². The highest BCUT2D eigenvalue weighted by molar-refractivity contribution is 6.17. The van der Waals surface area contributed by atoms with Crippen molar-refractivity contribution in [1.82, 2.24) is 0 Å². The summed E-state index contributed by atoms with van der Waals surface area (Å²) in [5.41, 5.74) is 2.23. The van der Waals surface area contributed by atoms with Crippen LogP contribution in [0.5, 0.6) is 5.75 Å². The minimum absolute atomic E-state index is 0.198. The van der Waals surface area contributed by atoms with E-state index in [0.29, 0.717) is 13.2 Å². The summed E-state index contributed by atoms with van der Waals surface area (Å²) in [7, 11) is 0. The normalized spacial score (nSPS) is 10.3. The van der Waals surface area contributed by atoms with Crippen LogP contribution >= 0.6 is 11.6 Å². The molecule has 2 aromatic rings. The third-order valence-corrected chi connectivity index (χ3v) is 2.69. The minimum Gasteiger partial charge on any atom is -0.491 e. The van der Waals surface area contributed by atoms with Gasteiger partial charge >= 0.3 is 0 Å². The van der Waals surface area contributed by atoms with Crippen LogP contribution in [0.3, 0.4) is 0 Å². The third-order valence-electron chi connectivity index (χ3n) is 2.53. The van der Waals surface area contributed by atoms with Crippen LogP contribution in [0.4, 0.5) is 0 Å². The molecule has 94 valence electrons. The molecular formula is C15H15ClO2. The van der Waals surface area contributed by atoms with Crippen LogP contribution in [0.2, 0.25) is 0 Å². The first kappa shape index (κ1) is 12.9. The van der Waals surface area contributed by atoms with Crippen LogP contribution in [0, 0.1) is 0 Å². The highest BCUT2D eigenvalue weighted by Gasteiger charge is 2.04. The molecule has 0 heterocycles. The molecule has 0 amide bonds. The molecule has 0 spiro atoms. The molecule has 0 fully saturated rings. The second kappa shape index (κ2) is 7.04.